The summed E-state index contributed by atoms with van der Waals surface area (Å²) in [6.07, 6.45) is 5.08. The average Bonchev–Trinajstić information content (AvgIpc) is 2.21. The van der Waals surface area contributed by atoms with Crippen LogP contribution in [0.2, 0.25) is 0 Å². The van der Waals surface area contributed by atoms with Gasteiger partial charge >= 0.3 is 0 Å². The molecule has 0 heterocycles. The highest BCUT2D eigenvalue weighted by molar-refractivity contribution is 5.76. The number of carbonyl (C=O) groups excluding carboxylic acids is 1. The smallest absolute Gasteiger partial charge is 0.220 e. The lowest BCUT2D eigenvalue weighted by Crippen LogP contribution is -2.37. The standard InChI is InChI=1S/C13H26N2O/c1-9(2)10(3)15-13(16)8-11-4-6-12(14)7-5-11/h9-12H,4-8,14H2,1-3H3,(H,15,16). The molecule has 1 aliphatic rings. The Morgan fingerprint density at radius 2 is 1.81 bits per heavy atom. The summed E-state index contributed by atoms with van der Waals surface area (Å²) in [5.41, 5.74) is 5.85. The Bertz CT molecular complexity index is 220. The van der Waals surface area contributed by atoms with Crippen LogP contribution in [-0.4, -0.2) is 18.0 Å². The Hall–Kier alpha value is -0.570. The Morgan fingerprint density at radius 3 is 2.31 bits per heavy atom. The zero-order valence-corrected chi connectivity index (χ0v) is 10.8. The zero-order chi connectivity index (χ0) is 12.1. The van der Waals surface area contributed by atoms with Gasteiger partial charge < -0.3 is 11.1 Å². The quantitative estimate of drug-likeness (QED) is 0.771. The van der Waals surface area contributed by atoms with Crippen molar-refractivity contribution in [2.75, 3.05) is 0 Å². The van der Waals surface area contributed by atoms with Crippen molar-refractivity contribution in [2.24, 2.45) is 17.6 Å². The van der Waals surface area contributed by atoms with Crippen molar-refractivity contribution in [3.05, 3.63) is 0 Å². The van der Waals surface area contributed by atoms with Crippen molar-refractivity contribution in [1.29, 1.82) is 0 Å². The van der Waals surface area contributed by atoms with E-state index < -0.39 is 0 Å². The number of nitrogens with two attached hydrogens (primary N) is 1. The van der Waals surface area contributed by atoms with Crippen molar-refractivity contribution < 1.29 is 4.79 Å². The monoisotopic (exact) mass is 226 g/mol. The molecular formula is C13H26N2O. The summed E-state index contributed by atoms with van der Waals surface area (Å²) < 4.78 is 0. The third-order valence-corrected chi connectivity index (χ3v) is 3.75. The minimum Gasteiger partial charge on any atom is -0.353 e. The molecule has 1 rings (SSSR count). The van der Waals surface area contributed by atoms with E-state index in [9.17, 15) is 4.79 Å². The SMILES string of the molecule is CC(C)C(C)NC(=O)CC1CCC(N)CC1. The van der Waals surface area contributed by atoms with Crippen LogP contribution in [0.1, 0.15) is 52.9 Å². The summed E-state index contributed by atoms with van der Waals surface area (Å²) >= 11 is 0. The van der Waals surface area contributed by atoms with E-state index in [0.29, 0.717) is 24.3 Å². The Morgan fingerprint density at radius 1 is 1.25 bits per heavy atom. The predicted molar refractivity (Wildman–Crippen MR) is 67.0 cm³/mol. The first-order valence-corrected chi connectivity index (χ1v) is 6.54. The van der Waals surface area contributed by atoms with Crippen LogP contribution in [0, 0.1) is 11.8 Å². The summed E-state index contributed by atoms with van der Waals surface area (Å²) in [6, 6.07) is 0.646. The van der Waals surface area contributed by atoms with Crippen molar-refractivity contribution in [2.45, 2.75) is 65.0 Å². The van der Waals surface area contributed by atoms with Crippen LogP contribution in [-0.2, 0) is 4.79 Å². The highest BCUT2D eigenvalue weighted by Crippen LogP contribution is 2.25. The molecule has 1 amide bonds. The van der Waals surface area contributed by atoms with Crippen LogP contribution in [0.5, 0.6) is 0 Å². The van der Waals surface area contributed by atoms with Crippen LogP contribution in [0.3, 0.4) is 0 Å². The fraction of sp³-hybridized carbons (Fsp3) is 0.923. The minimum atomic E-state index is 0.210. The van der Waals surface area contributed by atoms with Gasteiger partial charge in [0.25, 0.3) is 0 Å². The maximum Gasteiger partial charge on any atom is 0.220 e. The van der Waals surface area contributed by atoms with Gasteiger partial charge in [0.15, 0.2) is 0 Å². The number of rotatable bonds is 4. The number of nitrogens with one attached hydrogen (secondary N) is 1. The van der Waals surface area contributed by atoms with Gasteiger partial charge in [-0.2, -0.15) is 0 Å². The predicted octanol–water partition coefficient (Wildman–Crippen LogP) is 2.05. The molecule has 16 heavy (non-hydrogen) atoms. The molecule has 1 atom stereocenters. The van der Waals surface area contributed by atoms with E-state index in [1.54, 1.807) is 0 Å². The van der Waals surface area contributed by atoms with E-state index in [2.05, 4.69) is 26.1 Å². The molecular weight excluding hydrogens is 200 g/mol. The molecule has 0 aromatic heterocycles. The molecule has 3 nitrogen and oxygen atoms in total. The molecule has 1 aliphatic carbocycles. The fourth-order valence-corrected chi connectivity index (χ4v) is 2.13. The summed E-state index contributed by atoms with van der Waals surface area (Å²) in [5, 5.41) is 3.07. The van der Waals surface area contributed by atoms with E-state index >= 15 is 0 Å². The molecule has 0 saturated heterocycles. The number of hydrogen-bond donors (Lipinski definition) is 2. The van der Waals surface area contributed by atoms with Crippen molar-refractivity contribution >= 4 is 5.91 Å². The molecule has 0 radical (unpaired) electrons. The van der Waals surface area contributed by atoms with E-state index in [1.807, 2.05) is 0 Å². The third-order valence-electron chi connectivity index (χ3n) is 3.75. The molecule has 1 saturated carbocycles. The first-order valence-electron chi connectivity index (χ1n) is 6.54. The van der Waals surface area contributed by atoms with E-state index in [1.165, 1.54) is 0 Å². The van der Waals surface area contributed by atoms with Crippen molar-refractivity contribution in [3.8, 4) is 0 Å². The lowest BCUT2D eigenvalue weighted by atomic mass is 9.84. The maximum atomic E-state index is 11.8. The number of hydrogen-bond acceptors (Lipinski definition) is 2. The first-order chi connectivity index (χ1) is 7.49. The molecule has 0 aliphatic heterocycles. The second-order valence-corrected chi connectivity index (χ2v) is 5.59. The van der Waals surface area contributed by atoms with Crippen LogP contribution >= 0.6 is 0 Å². The largest absolute Gasteiger partial charge is 0.353 e. The van der Waals surface area contributed by atoms with Crippen molar-refractivity contribution in [3.63, 3.8) is 0 Å². The van der Waals surface area contributed by atoms with Crippen LogP contribution in [0.4, 0.5) is 0 Å². The number of carbonyl (C=O) groups is 1. The van der Waals surface area contributed by atoms with Crippen LogP contribution in [0.15, 0.2) is 0 Å². The molecule has 0 aromatic carbocycles. The molecule has 1 unspecified atom stereocenters. The summed E-state index contributed by atoms with van der Waals surface area (Å²) in [5.74, 6) is 1.27. The second-order valence-electron chi connectivity index (χ2n) is 5.59. The highest BCUT2D eigenvalue weighted by Gasteiger charge is 2.21. The zero-order valence-electron chi connectivity index (χ0n) is 10.8. The molecule has 3 heteroatoms. The third kappa shape index (κ3) is 4.52. The molecule has 0 spiro atoms. The average molecular weight is 226 g/mol. The number of amides is 1. The van der Waals surface area contributed by atoms with Crippen LogP contribution < -0.4 is 11.1 Å². The van der Waals surface area contributed by atoms with Crippen molar-refractivity contribution in [1.82, 2.24) is 5.32 Å². The van der Waals surface area contributed by atoms with Gasteiger partial charge in [-0.3, -0.25) is 4.79 Å². The summed E-state index contributed by atoms with van der Waals surface area (Å²) in [6.45, 7) is 6.33. The van der Waals surface area contributed by atoms with Gasteiger partial charge in [0.2, 0.25) is 5.91 Å². The van der Waals surface area contributed by atoms with E-state index in [-0.39, 0.29) is 11.9 Å². The summed E-state index contributed by atoms with van der Waals surface area (Å²) in [4.78, 5) is 11.8. The van der Waals surface area contributed by atoms with Crippen LogP contribution in [0.25, 0.3) is 0 Å². The Labute approximate surface area is 99.2 Å². The second kappa shape index (κ2) is 6.24. The maximum absolute atomic E-state index is 11.8. The minimum absolute atomic E-state index is 0.210. The Balaban J connectivity index is 2.24. The van der Waals surface area contributed by atoms with Gasteiger partial charge in [0.05, 0.1) is 0 Å². The molecule has 3 N–H and O–H groups in total. The van der Waals surface area contributed by atoms with Gasteiger partial charge in [-0.05, 0) is 44.4 Å². The summed E-state index contributed by atoms with van der Waals surface area (Å²) in [7, 11) is 0. The van der Waals surface area contributed by atoms with Gasteiger partial charge in [-0.15, -0.1) is 0 Å². The van der Waals surface area contributed by atoms with Gasteiger partial charge in [-0.1, -0.05) is 13.8 Å². The molecule has 0 bridgehead atoms. The topological polar surface area (TPSA) is 55.1 Å². The normalized spacial score (nSPS) is 27.8. The molecule has 1 fully saturated rings. The highest BCUT2D eigenvalue weighted by atomic mass is 16.1. The van der Waals surface area contributed by atoms with Gasteiger partial charge in [-0.25, -0.2) is 0 Å². The van der Waals surface area contributed by atoms with E-state index in [0.717, 1.165) is 25.7 Å². The van der Waals surface area contributed by atoms with E-state index in [4.69, 9.17) is 5.73 Å². The van der Waals surface area contributed by atoms with Gasteiger partial charge in [0.1, 0.15) is 0 Å². The fourth-order valence-electron chi connectivity index (χ4n) is 2.13. The molecule has 94 valence electrons. The first kappa shape index (κ1) is 13.5. The molecule has 0 aromatic rings. The van der Waals surface area contributed by atoms with Gasteiger partial charge in [0, 0.05) is 18.5 Å². The lowest BCUT2D eigenvalue weighted by molar-refractivity contribution is -0.123. The lowest BCUT2D eigenvalue weighted by Gasteiger charge is -2.26. The Kier molecular flexibility index (Phi) is 5.26.